The van der Waals surface area contributed by atoms with Gasteiger partial charge < -0.3 is 10.6 Å². The maximum Gasteiger partial charge on any atom is 0.251 e. The molecule has 2 N–H and O–H groups in total. The van der Waals surface area contributed by atoms with Gasteiger partial charge in [0.05, 0.1) is 0 Å². The third-order valence-electron chi connectivity index (χ3n) is 2.94. The van der Waals surface area contributed by atoms with E-state index in [4.69, 9.17) is 0 Å². The Balaban J connectivity index is 1.96. The van der Waals surface area contributed by atoms with Crippen LogP contribution in [0.15, 0.2) is 48.7 Å². The lowest BCUT2D eigenvalue weighted by Gasteiger charge is -2.14. The molecule has 1 heterocycles. The number of benzene rings is 1. The summed E-state index contributed by atoms with van der Waals surface area (Å²) in [5.41, 5.74) is 1.53. The standard InChI is InChI=1S/C16H17N3O2/c1-11-6-5-7-13(10-11)16(21)18-12(2)15(20)19-14-8-3-4-9-17-14/h3-10,12H,1-2H3,(H,18,21)(H,17,19,20)/t12-/m0/s1. The number of hydrogen-bond donors (Lipinski definition) is 2. The Kier molecular flexibility index (Phi) is 4.66. The molecule has 108 valence electrons. The molecule has 0 aliphatic carbocycles. The molecule has 0 bridgehead atoms. The average Bonchev–Trinajstić information content (AvgIpc) is 2.48. The number of carbonyl (C=O) groups is 2. The first kappa shape index (κ1) is 14.7. The van der Waals surface area contributed by atoms with Gasteiger partial charge in [0.25, 0.3) is 5.91 Å². The second kappa shape index (κ2) is 6.65. The highest BCUT2D eigenvalue weighted by Gasteiger charge is 2.17. The zero-order valence-corrected chi connectivity index (χ0v) is 12.0. The first-order valence-electron chi connectivity index (χ1n) is 6.65. The summed E-state index contributed by atoms with van der Waals surface area (Å²) in [5.74, 6) is -0.128. The summed E-state index contributed by atoms with van der Waals surface area (Å²) in [6.07, 6.45) is 1.59. The number of anilines is 1. The molecule has 0 fully saturated rings. The van der Waals surface area contributed by atoms with E-state index in [1.54, 1.807) is 43.5 Å². The van der Waals surface area contributed by atoms with Crippen LogP contribution in [0.1, 0.15) is 22.8 Å². The minimum absolute atomic E-state index is 0.276. The molecular formula is C16H17N3O2. The predicted molar refractivity (Wildman–Crippen MR) is 81.0 cm³/mol. The average molecular weight is 283 g/mol. The Hall–Kier alpha value is -2.69. The summed E-state index contributed by atoms with van der Waals surface area (Å²) >= 11 is 0. The van der Waals surface area contributed by atoms with Gasteiger partial charge >= 0.3 is 0 Å². The summed E-state index contributed by atoms with van der Waals surface area (Å²) in [4.78, 5) is 28.0. The van der Waals surface area contributed by atoms with E-state index in [1.165, 1.54) is 0 Å². The van der Waals surface area contributed by atoms with E-state index in [0.29, 0.717) is 11.4 Å². The van der Waals surface area contributed by atoms with Gasteiger partial charge in [-0.3, -0.25) is 9.59 Å². The van der Waals surface area contributed by atoms with Crippen LogP contribution in [0.25, 0.3) is 0 Å². The molecule has 0 saturated carbocycles. The van der Waals surface area contributed by atoms with Crippen LogP contribution in [0.4, 0.5) is 5.82 Å². The number of hydrogen-bond acceptors (Lipinski definition) is 3. The summed E-state index contributed by atoms with van der Waals surface area (Å²) in [7, 11) is 0. The number of amides is 2. The summed E-state index contributed by atoms with van der Waals surface area (Å²) in [5, 5.41) is 5.31. The highest BCUT2D eigenvalue weighted by atomic mass is 16.2. The first-order valence-corrected chi connectivity index (χ1v) is 6.65. The molecule has 1 aromatic carbocycles. The monoisotopic (exact) mass is 283 g/mol. The van der Waals surface area contributed by atoms with Crippen molar-refractivity contribution in [3.63, 3.8) is 0 Å². The number of aryl methyl sites for hydroxylation is 1. The highest BCUT2D eigenvalue weighted by molar-refractivity contribution is 6.00. The minimum atomic E-state index is -0.653. The normalized spacial score (nSPS) is 11.5. The van der Waals surface area contributed by atoms with Crippen LogP contribution < -0.4 is 10.6 Å². The Morgan fingerprint density at radius 1 is 1.14 bits per heavy atom. The fourth-order valence-corrected chi connectivity index (χ4v) is 1.80. The van der Waals surface area contributed by atoms with Crippen LogP contribution in [0.3, 0.4) is 0 Å². The third-order valence-corrected chi connectivity index (χ3v) is 2.94. The van der Waals surface area contributed by atoms with E-state index in [9.17, 15) is 9.59 Å². The van der Waals surface area contributed by atoms with Crippen molar-refractivity contribution in [2.45, 2.75) is 19.9 Å². The predicted octanol–water partition coefficient (Wildman–Crippen LogP) is 2.15. The molecular weight excluding hydrogens is 266 g/mol. The minimum Gasteiger partial charge on any atom is -0.341 e. The fraction of sp³-hybridized carbons (Fsp3) is 0.188. The fourth-order valence-electron chi connectivity index (χ4n) is 1.80. The van der Waals surface area contributed by atoms with E-state index < -0.39 is 6.04 Å². The Bertz CT molecular complexity index is 641. The van der Waals surface area contributed by atoms with Crippen LogP contribution in [0.5, 0.6) is 0 Å². The molecule has 2 aromatic rings. The van der Waals surface area contributed by atoms with E-state index in [-0.39, 0.29) is 11.8 Å². The van der Waals surface area contributed by atoms with Crippen LogP contribution >= 0.6 is 0 Å². The Labute approximate surface area is 123 Å². The zero-order valence-electron chi connectivity index (χ0n) is 12.0. The lowest BCUT2D eigenvalue weighted by molar-refractivity contribution is -0.117. The van der Waals surface area contributed by atoms with Gasteiger partial charge in [-0.05, 0) is 38.1 Å². The van der Waals surface area contributed by atoms with Crippen molar-refractivity contribution in [2.75, 3.05) is 5.32 Å². The van der Waals surface area contributed by atoms with Gasteiger partial charge in [-0.15, -0.1) is 0 Å². The van der Waals surface area contributed by atoms with Crippen molar-refractivity contribution < 1.29 is 9.59 Å². The van der Waals surface area contributed by atoms with Gasteiger partial charge in [0.1, 0.15) is 11.9 Å². The van der Waals surface area contributed by atoms with Gasteiger partial charge in [0.2, 0.25) is 5.91 Å². The van der Waals surface area contributed by atoms with Crippen LogP contribution in [-0.4, -0.2) is 22.8 Å². The second-order valence-electron chi connectivity index (χ2n) is 4.77. The zero-order chi connectivity index (χ0) is 15.2. The van der Waals surface area contributed by atoms with E-state index in [0.717, 1.165) is 5.56 Å². The lowest BCUT2D eigenvalue weighted by Crippen LogP contribution is -2.41. The highest BCUT2D eigenvalue weighted by Crippen LogP contribution is 2.05. The van der Waals surface area contributed by atoms with Gasteiger partial charge in [-0.25, -0.2) is 4.98 Å². The molecule has 5 nitrogen and oxygen atoms in total. The molecule has 1 aromatic heterocycles. The third kappa shape index (κ3) is 4.14. The molecule has 0 aliphatic heterocycles. The molecule has 1 atom stereocenters. The smallest absolute Gasteiger partial charge is 0.251 e. The maximum atomic E-state index is 12.1. The number of aromatic nitrogens is 1. The molecule has 2 rings (SSSR count). The molecule has 0 aliphatic rings. The van der Waals surface area contributed by atoms with Crippen molar-refractivity contribution in [2.24, 2.45) is 0 Å². The van der Waals surface area contributed by atoms with Gasteiger partial charge in [-0.1, -0.05) is 23.8 Å². The number of nitrogens with zero attached hydrogens (tertiary/aromatic N) is 1. The molecule has 0 unspecified atom stereocenters. The van der Waals surface area contributed by atoms with Crippen LogP contribution in [0.2, 0.25) is 0 Å². The van der Waals surface area contributed by atoms with Crippen LogP contribution in [0, 0.1) is 6.92 Å². The molecule has 0 spiro atoms. The topological polar surface area (TPSA) is 71.1 Å². The van der Waals surface area contributed by atoms with E-state index >= 15 is 0 Å². The van der Waals surface area contributed by atoms with Crippen LogP contribution in [-0.2, 0) is 4.79 Å². The largest absolute Gasteiger partial charge is 0.341 e. The second-order valence-corrected chi connectivity index (χ2v) is 4.77. The van der Waals surface area contributed by atoms with Crippen molar-refractivity contribution >= 4 is 17.6 Å². The van der Waals surface area contributed by atoms with Crippen molar-refractivity contribution in [1.29, 1.82) is 0 Å². The number of carbonyl (C=O) groups excluding carboxylic acids is 2. The SMILES string of the molecule is Cc1cccc(C(=O)N[C@@H](C)C(=O)Nc2ccccn2)c1. The molecule has 0 radical (unpaired) electrons. The lowest BCUT2D eigenvalue weighted by atomic mass is 10.1. The number of pyridine rings is 1. The molecule has 2 amide bonds. The summed E-state index contributed by atoms with van der Waals surface area (Å²) in [6.45, 7) is 3.54. The molecule has 0 saturated heterocycles. The Morgan fingerprint density at radius 2 is 1.95 bits per heavy atom. The maximum absolute atomic E-state index is 12.1. The number of rotatable bonds is 4. The van der Waals surface area contributed by atoms with E-state index in [1.807, 2.05) is 19.1 Å². The quantitative estimate of drug-likeness (QED) is 0.903. The van der Waals surface area contributed by atoms with Crippen molar-refractivity contribution in [3.05, 3.63) is 59.8 Å². The molecule has 21 heavy (non-hydrogen) atoms. The molecule has 5 heteroatoms. The van der Waals surface area contributed by atoms with Crippen molar-refractivity contribution in [3.8, 4) is 0 Å². The Morgan fingerprint density at radius 3 is 2.62 bits per heavy atom. The van der Waals surface area contributed by atoms with Gasteiger partial charge in [-0.2, -0.15) is 0 Å². The first-order chi connectivity index (χ1) is 10.1. The van der Waals surface area contributed by atoms with E-state index in [2.05, 4.69) is 15.6 Å². The number of nitrogens with one attached hydrogen (secondary N) is 2. The van der Waals surface area contributed by atoms with Crippen molar-refractivity contribution in [1.82, 2.24) is 10.3 Å². The summed E-state index contributed by atoms with van der Waals surface area (Å²) < 4.78 is 0. The van der Waals surface area contributed by atoms with Gasteiger partial charge in [0, 0.05) is 11.8 Å². The summed E-state index contributed by atoms with van der Waals surface area (Å²) in [6, 6.07) is 11.8. The van der Waals surface area contributed by atoms with Gasteiger partial charge in [0.15, 0.2) is 0 Å².